The number of carboxylic acids is 1. The number of carboxylic acid groups (broad SMARTS) is 1. The topological polar surface area (TPSA) is 117 Å². The third-order valence-electron chi connectivity index (χ3n) is 9.23. The second-order valence-electron chi connectivity index (χ2n) is 12.6. The van der Waals surface area contributed by atoms with Crippen molar-refractivity contribution in [2.24, 2.45) is 10.4 Å². The van der Waals surface area contributed by atoms with E-state index in [9.17, 15) is 19.1 Å². The average molecular weight is 664 g/mol. The summed E-state index contributed by atoms with van der Waals surface area (Å²) in [7, 11) is 1.39. The number of methoxy groups -OCH3 is 1. The van der Waals surface area contributed by atoms with Crippen molar-refractivity contribution in [3.8, 4) is 0 Å². The monoisotopic (exact) mass is 663 g/mol. The molecule has 10 nitrogen and oxygen atoms in total. The Morgan fingerprint density at radius 1 is 1.26 bits per heavy atom. The van der Waals surface area contributed by atoms with Crippen LogP contribution in [0.4, 0.5) is 13.2 Å². The van der Waals surface area contributed by atoms with Gasteiger partial charge in [-0.3, -0.25) is 19.6 Å². The molecule has 2 fully saturated rings. The minimum absolute atomic E-state index is 0.0244. The Labute approximate surface area is 270 Å². The number of esters is 1. The summed E-state index contributed by atoms with van der Waals surface area (Å²) in [4.78, 5) is 38.2. The van der Waals surface area contributed by atoms with Crippen LogP contribution >= 0.6 is 11.3 Å². The average Bonchev–Trinajstić information content (AvgIpc) is 3.69. The van der Waals surface area contributed by atoms with Crippen molar-refractivity contribution in [2.45, 2.75) is 71.2 Å². The predicted octanol–water partition coefficient (Wildman–Crippen LogP) is 4.33. The van der Waals surface area contributed by atoms with E-state index in [1.165, 1.54) is 38.4 Å². The number of aliphatic carboxylic acids is 1. The van der Waals surface area contributed by atoms with Crippen molar-refractivity contribution in [1.82, 2.24) is 20.1 Å². The highest BCUT2D eigenvalue weighted by molar-refractivity contribution is 7.11. The summed E-state index contributed by atoms with van der Waals surface area (Å²) in [5.41, 5.74) is 0.692. The summed E-state index contributed by atoms with van der Waals surface area (Å²) in [5.74, 6) is -4.99. The van der Waals surface area contributed by atoms with Crippen LogP contribution in [0.1, 0.15) is 55.1 Å². The Bertz CT molecular complexity index is 1560. The van der Waals surface area contributed by atoms with E-state index < -0.39 is 59.9 Å². The molecular formula is C32H40F3N5O5S. The van der Waals surface area contributed by atoms with Crippen LogP contribution in [0.25, 0.3) is 0 Å². The minimum Gasteiger partial charge on any atom is -0.481 e. The van der Waals surface area contributed by atoms with Gasteiger partial charge in [0.1, 0.15) is 11.9 Å². The van der Waals surface area contributed by atoms with Crippen LogP contribution < -0.4 is 5.32 Å². The van der Waals surface area contributed by atoms with Gasteiger partial charge in [-0.15, -0.1) is 11.3 Å². The Hall–Kier alpha value is -3.33. The smallest absolute Gasteiger partial charge is 0.338 e. The van der Waals surface area contributed by atoms with Gasteiger partial charge in [0, 0.05) is 49.6 Å². The Kier molecular flexibility index (Phi) is 9.65. The molecule has 0 saturated carbocycles. The molecule has 0 radical (unpaired) electrons. The lowest BCUT2D eigenvalue weighted by molar-refractivity contribution is -0.157. The van der Waals surface area contributed by atoms with Gasteiger partial charge < -0.3 is 19.9 Å². The number of nitrogens with one attached hydrogen (secondary N) is 1. The highest BCUT2D eigenvalue weighted by Crippen LogP contribution is 2.43. The highest BCUT2D eigenvalue weighted by Gasteiger charge is 2.60. The molecule has 14 heteroatoms. The van der Waals surface area contributed by atoms with Gasteiger partial charge in [-0.05, 0) is 58.2 Å². The number of hydrogen-bond donors (Lipinski definition) is 2. The molecular weight excluding hydrogens is 623 g/mol. The molecule has 3 aliphatic rings. The lowest BCUT2D eigenvalue weighted by atomic mass is 9.86. The van der Waals surface area contributed by atoms with Gasteiger partial charge in [0.2, 0.25) is 0 Å². The summed E-state index contributed by atoms with van der Waals surface area (Å²) in [6, 6.07) is 1.83. The number of aromatic nitrogens is 1. The number of alkyl halides is 2. The van der Waals surface area contributed by atoms with Gasteiger partial charge in [0.15, 0.2) is 10.8 Å². The Morgan fingerprint density at radius 2 is 2.00 bits per heavy atom. The van der Waals surface area contributed by atoms with Gasteiger partial charge in [-0.25, -0.2) is 22.9 Å². The lowest BCUT2D eigenvalue weighted by Crippen LogP contribution is -2.52. The molecule has 2 saturated heterocycles. The van der Waals surface area contributed by atoms with Crippen LogP contribution in [0.3, 0.4) is 0 Å². The Balaban J connectivity index is 1.53. The second kappa shape index (κ2) is 13.1. The molecule has 1 aromatic carbocycles. The van der Waals surface area contributed by atoms with Crippen molar-refractivity contribution >= 4 is 29.1 Å². The molecule has 46 heavy (non-hydrogen) atoms. The fraction of sp³-hybridized carbons (Fsp3) is 0.562. The zero-order chi connectivity index (χ0) is 33.6. The SMILES string of the molecule is CCOC(=O)C1=C(CN2CC(F)(F)[C@H]3[C@@H]2CCN3C[C@H](OC)C(C)(C)C(=O)O)NC(c2nc(C)cs2)=N[C@H]1c1cccc(F)c1C. The van der Waals surface area contributed by atoms with E-state index in [1.54, 1.807) is 35.8 Å². The molecule has 2 N–H and O–H groups in total. The number of thiazole rings is 1. The van der Waals surface area contributed by atoms with Gasteiger partial charge in [-0.1, -0.05) is 12.1 Å². The maximum absolute atomic E-state index is 15.9. The summed E-state index contributed by atoms with van der Waals surface area (Å²) >= 11 is 1.34. The van der Waals surface area contributed by atoms with E-state index in [0.29, 0.717) is 40.6 Å². The largest absolute Gasteiger partial charge is 0.481 e. The highest BCUT2D eigenvalue weighted by atomic mass is 32.1. The molecule has 250 valence electrons. The van der Waals surface area contributed by atoms with Gasteiger partial charge in [0.05, 0.1) is 36.3 Å². The molecule has 0 aliphatic carbocycles. The molecule has 1 aromatic heterocycles. The number of nitrogens with zero attached hydrogens (tertiary/aromatic N) is 4. The van der Waals surface area contributed by atoms with E-state index in [4.69, 9.17) is 14.5 Å². The number of amidine groups is 1. The van der Waals surface area contributed by atoms with Crippen LogP contribution in [0.5, 0.6) is 0 Å². The summed E-state index contributed by atoms with van der Waals surface area (Å²) in [6.07, 6.45) is -0.409. The number of ether oxygens (including phenoxy) is 2. The summed E-state index contributed by atoms with van der Waals surface area (Å²) < 4.78 is 57.5. The molecule has 3 aliphatic heterocycles. The molecule has 0 bridgehead atoms. The number of likely N-dealkylation sites (tertiary alicyclic amines) is 2. The predicted molar refractivity (Wildman–Crippen MR) is 167 cm³/mol. The number of rotatable bonds is 11. The first-order chi connectivity index (χ1) is 21.7. The standard InChI is InChI=1S/C32H40F3N5O5S/c1-7-45-29(41)24-21(37-27(28-36-17(2)15-46-28)38-25(24)19-9-8-10-20(33)18(19)3)13-40-16-32(34,35)26-22(40)11-12-39(26)14-23(44-6)31(4,5)30(42)43/h8-10,15,22-23,25-26H,7,11-14,16H2,1-6H3,(H,37,38)(H,42,43)/t22-,23-,25-,26+/m0/s1. The lowest BCUT2D eigenvalue weighted by Gasteiger charge is -2.35. The quantitative estimate of drug-likeness (QED) is 0.339. The zero-order valence-corrected chi connectivity index (χ0v) is 27.6. The van der Waals surface area contributed by atoms with Gasteiger partial charge in [-0.2, -0.15) is 0 Å². The third kappa shape index (κ3) is 6.32. The number of aliphatic imine (C=N–C) groups is 1. The zero-order valence-electron chi connectivity index (χ0n) is 26.8. The molecule has 4 heterocycles. The van der Waals surface area contributed by atoms with E-state index in [0.717, 1.165) is 5.69 Å². The van der Waals surface area contributed by atoms with Crippen LogP contribution in [-0.4, -0.2) is 102 Å². The van der Waals surface area contributed by atoms with Crippen molar-refractivity contribution in [3.05, 3.63) is 62.5 Å². The molecule has 0 unspecified atom stereocenters. The van der Waals surface area contributed by atoms with E-state index in [-0.39, 0.29) is 25.3 Å². The first-order valence-electron chi connectivity index (χ1n) is 15.2. The van der Waals surface area contributed by atoms with Crippen LogP contribution in [-0.2, 0) is 19.1 Å². The van der Waals surface area contributed by atoms with Crippen molar-refractivity contribution in [2.75, 3.05) is 39.9 Å². The molecule has 0 spiro atoms. The van der Waals surface area contributed by atoms with Gasteiger partial charge in [0.25, 0.3) is 5.92 Å². The first kappa shape index (κ1) is 34.0. The molecule has 5 rings (SSSR count). The molecule has 2 aromatic rings. The number of benzene rings is 1. The third-order valence-corrected chi connectivity index (χ3v) is 10.2. The van der Waals surface area contributed by atoms with Gasteiger partial charge >= 0.3 is 11.9 Å². The fourth-order valence-electron chi connectivity index (χ4n) is 6.67. The van der Waals surface area contributed by atoms with Crippen LogP contribution in [0.15, 0.2) is 39.8 Å². The molecule has 4 atom stereocenters. The molecule has 0 amide bonds. The summed E-state index contributed by atoms with van der Waals surface area (Å²) in [6.45, 7) is 7.94. The number of carbonyl (C=O) groups excluding carboxylic acids is 1. The minimum atomic E-state index is -3.13. The van der Waals surface area contributed by atoms with E-state index >= 15 is 8.78 Å². The van der Waals surface area contributed by atoms with Crippen LogP contribution in [0.2, 0.25) is 0 Å². The second-order valence-corrected chi connectivity index (χ2v) is 13.4. The maximum Gasteiger partial charge on any atom is 0.338 e. The van der Waals surface area contributed by atoms with E-state index in [1.807, 2.05) is 12.3 Å². The normalized spacial score (nSPS) is 24.0. The van der Waals surface area contributed by atoms with Crippen molar-refractivity contribution < 1.29 is 37.3 Å². The number of hydrogen-bond acceptors (Lipinski definition) is 10. The van der Waals surface area contributed by atoms with Crippen molar-refractivity contribution in [3.63, 3.8) is 0 Å². The van der Waals surface area contributed by atoms with Crippen molar-refractivity contribution in [1.29, 1.82) is 0 Å². The number of halogens is 3. The number of fused-ring (bicyclic) bond motifs is 1. The number of carbonyl (C=O) groups is 2. The van der Waals surface area contributed by atoms with E-state index in [2.05, 4.69) is 10.3 Å². The van der Waals surface area contributed by atoms with Crippen LogP contribution in [0, 0.1) is 25.1 Å². The maximum atomic E-state index is 15.9. The summed E-state index contributed by atoms with van der Waals surface area (Å²) in [5, 5.41) is 15.4. The first-order valence-corrected chi connectivity index (χ1v) is 16.1. The fourth-order valence-corrected chi connectivity index (χ4v) is 7.41. The number of aryl methyl sites for hydroxylation is 1. The Morgan fingerprint density at radius 3 is 2.63 bits per heavy atom.